The average molecular weight is 353 g/mol. The van der Waals surface area contributed by atoms with Gasteiger partial charge in [0.25, 0.3) is 0 Å². The van der Waals surface area contributed by atoms with Crippen molar-refractivity contribution in [2.24, 2.45) is 0 Å². The van der Waals surface area contributed by atoms with Crippen LogP contribution in [-0.2, 0) is 0 Å². The van der Waals surface area contributed by atoms with Crippen LogP contribution in [0.3, 0.4) is 0 Å². The Morgan fingerprint density at radius 2 is 1.90 bits per heavy atom. The molecule has 1 N–H and O–H groups in total. The van der Waals surface area contributed by atoms with Gasteiger partial charge in [0.1, 0.15) is 12.4 Å². The molecule has 3 nitrogen and oxygen atoms in total. The van der Waals surface area contributed by atoms with Gasteiger partial charge >= 0.3 is 0 Å². The van der Waals surface area contributed by atoms with E-state index in [1.165, 1.54) is 38.6 Å². The van der Waals surface area contributed by atoms with Crippen molar-refractivity contribution in [3.63, 3.8) is 0 Å². The fourth-order valence-electron chi connectivity index (χ4n) is 3.62. The Hall–Kier alpha value is -0.580. The third-order valence-electron chi connectivity index (χ3n) is 4.75. The molecule has 0 bridgehead atoms. The molecule has 1 aromatic carbocycles. The molecule has 116 valence electrons. The predicted octanol–water partition coefficient (Wildman–Crippen LogP) is 3.44. The van der Waals surface area contributed by atoms with E-state index in [1.807, 2.05) is 24.3 Å². The molecule has 1 aromatic rings. The van der Waals surface area contributed by atoms with Gasteiger partial charge in [-0.3, -0.25) is 4.90 Å². The highest BCUT2D eigenvalue weighted by molar-refractivity contribution is 9.10. The Balaban J connectivity index is 1.45. The van der Waals surface area contributed by atoms with Crippen LogP contribution in [0, 0.1) is 0 Å². The number of hydrogen-bond acceptors (Lipinski definition) is 3. The molecule has 0 radical (unpaired) electrons. The molecule has 2 fully saturated rings. The van der Waals surface area contributed by atoms with Gasteiger partial charge in [0.05, 0.1) is 0 Å². The maximum Gasteiger partial charge on any atom is 0.119 e. The van der Waals surface area contributed by atoms with Gasteiger partial charge in [-0.1, -0.05) is 35.2 Å². The number of nitrogens with zero attached hydrogens (tertiary/aromatic N) is 1. The Bertz CT molecular complexity index is 437. The van der Waals surface area contributed by atoms with E-state index in [9.17, 15) is 0 Å². The first kappa shape index (κ1) is 15.3. The van der Waals surface area contributed by atoms with Crippen LogP contribution in [0.25, 0.3) is 0 Å². The Morgan fingerprint density at radius 1 is 1.14 bits per heavy atom. The molecule has 1 saturated carbocycles. The van der Waals surface area contributed by atoms with Crippen LogP contribution in [0.1, 0.15) is 32.1 Å². The first-order valence-corrected chi connectivity index (χ1v) is 8.91. The Kier molecular flexibility index (Phi) is 5.19. The first-order chi connectivity index (χ1) is 10.3. The highest BCUT2D eigenvalue weighted by atomic mass is 79.9. The lowest BCUT2D eigenvalue weighted by atomic mass is 9.80. The molecule has 1 heterocycles. The maximum atomic E-state index is 5.86. The fourth-order valence-corrected chi connectivity index (χ4v) is 3.88. The SMILES string of the molecule is Brc1ccc(OCCN2CCNC3(CCCCC3)C2)cc1. The first-order valence-electron chi connectivity index (χ1n) is 8.12. The lowest BCUT2D eigenvalue weighted by molar-refractivity contribution is 0.0880. The number of rotatable bonds is 4. The van der Waals surface area contributed by atoms with Crippen molar-refractivity contribution < 1.29 is 4.74 Å². The summed E-state index contributed by atoms with van der Waals surface area (Å²) >= 11 is 3.45. The molecule has 0 amide bonds. The summed E-state index contributed by atoms with van der Waals surface area (Å²) in [5.41, 5.74) is 0.397. The van der Waals surface area contributed by atoms with Crippen molar-refractivity contribution in [3.05, 3.63) is 28.7 Å². The lowest BCUT2D eigenvalue weighted by Crippen LogP contribution is -2.61. The average Bonchev–Trinajstić information content (AvgIpc) is 2.50. The summed E-state index contributed by atoms with van der Waals surface area (Å²) in [6.45, 7) is 5.26. The summed E-state index contributed by atoms with van der Waals surface area (Å²) in [6.07, 6.45) is 6.87. The van der Waals surface area contributed by atoms with Crippen molar-refractivity contribution in [1.29, 1.82) is 0 Å². The number of hydrogen-bond donors (Lipinski definition) is 1. The van der Waals surface area contributed by atoms with E-state index in [4.69, 9.17) is 4.74 Å². The Labute approximate surface area is 136 Å². The standard InChI is InChI=1S/C17H25BrN2O/c18-15-4-6-16(7-5-15)21-13-12-20-11-10-19-17(14-20)8-2-1-3-9-17/h4-7,19H,1-3,8-14H2. The van der Waals surface area contributed by atoms with E-state index >= 15 is 0 Å². The second-order valence-electron chi connectivity index (χ2n) is 6.35. The van der Waals surface area contributed by atoms with Crippen molar-refractivity contribution in [2.75, 3.05) is 32.8 Å². The normalized spacial score (nSPS) is 22.3. The number of piperazine rings is 1. The summed E-state index contributed by atoms with van der Waals surface area (Å²) in [5, 5.41) is 3.79. The van der Waals surface area contributed by atoms with Gasteiger partial charge in [0.15, 0.2) is 0 Å². The topological polar surface area (TPSA) is 24.5 Å². The van der Waals surface area contributed by atoms with E-state index in [0.29, 0.717) is 5.54 Å². The molecule has 1 spiro atoms. The van der Waals surface area contributed by atoms with E-state index < -0.39 is 0 Å². The molecule has 21 heavy (non-hydrogen) atoms. The van der Waals surface area contributed by atoms with Gasteiger partial charge in [-0.05, 0) is 37.1 Å². The van der Waals surface area contributed by atoms with Gasteiger partial charge in [-0.15, -0.1) is 0 Å². The van der Waals surface area contributed by atoms with E-state index in [0.717, 1.165) is 36.5 Å². The maximum absolute atomic E-state index is 5.86. The van der Waals surface area contributed by atoms with Crippen LogP contribution < -0.4 is 10.1 Å². The van der Waals surface area contributed by atoms with Crippen molar-refractivity contribution in [1.82, 2.24) is 10.2 Å². The smallest absolute Gasteiger partial charge is 0.119 e. The number of ether oxygens (including phenoxy) is 1. The summed E-state index contributed by atoms with van der Waals surface area (Å²) < 4.78 is 6.95. The van der Waals surface area contributed by atoms with Crippen LogP contribution in [0.2, 0.25) is 0 Å². The zero-order valence-corrected chi connectivity index (χ0v) is 14.2. The summed E-state index contributed by atoms with van der Waals surface area (Å²) in [4.78, 5) is 2.57. The Morgan fingerprint density at radius 3 is 2.67 bits per heavy atom. The third-order valence-corrected chi connectivity index (χ3v) is 5.28. The zero-order valence-electron chi connectivity index (χ0n) is 12.6. The quantitative estimate of drug-likeness (QED) is 0.898. The summed E-state index contributed by atoms with van der Waals surface area (Å²) in [5.74, 6) is 0.959. The summed E-state index contributed by atoms with van der Waals surface area (Å²) in [7, 11) is 0. The van der Waals surface area contributed by atoms with Crippen LogP contribution in [0.15, 0.2) is 28.7 Å². The highest BCUT2D eigenvalue weighted by Gasteiger charge is 2.35. The van der Waals surface area contributed by atoms with Gasteiger partial charge in [-0.2, -0.15) is 0 Å². The van der Waals surface area contributed by atoms with Crippen LogP contribution in [0.5, 0.6) is 5.75 Å². The molecular formula is C17H25BrN2O. The van der Waals surface area contributed by atoms with Crippen molar-refractivity contribution >= 4 is 15.9 Å². The molecule has 0 unspecified atom stereocenters. The van der Waals surface area contributed by atoms with Gasteiger partial charge in [0, 0.05) is 36.2 Å². The zero-order chi connectivity index (χ0) is 14.5. The van der Waals surface area contributed by atoms with Gasteiger partial charge < -0.3 is 10.1 Å². The van der Waals surface area contributed by atoms with Gasteiger partial charge in [0.2, 0.25) is 0 Å². The van der Waals surface area contributed by atoms with Crippen LogP contribution in [0.4, 0.5) is 0 Å². The molecule has 0 aromatic heterocycles. The van der Waals surface area contributed by atoms with Gasteiger partial charge in [-0.25, -0.2) is 0 Å². The molecule has 4 heteroatoms. The molecular weight excluding hydrogens is 328 g/mol. The largest absolute Gasteiger partial charge is 0.492 e. The lowest BCUT2D eigenvalue weighted by Gasteiger charge is -2.46. The summed E-state index contributed by atoms with van der Waals surface area (Å²) in [6, 6.07) is 8.09. The minimum Gasteiger partial charge on any atom is -0.492 e. The molecule has 0 atom stereocenters. The third kappa shape index (κ3) is 4.21. The fraction of sp³-hybridized carbons (Fsp3) is 0.647. The van der Waals surface area contributed by atoms with E-state index in [1.54, 1.807) is 0 Å². The monoisotopic (exact) mass is 352 g/mol. The van der Waals surface area contributed by atoms with Crippen LogP contribution >= 0.6 is 15.9 Å². The minimum atomic E-state index is 0.397. The van der Waals surface area contributed by atoms with Crippen molar-refractivity contribution in [2.45, 2.75) is 37.6 Å². The minimum absolute atomic E-state index is 0.397. The van der Waals surface area contributed by atoms with Crippen molar-refractivity contribution in [3.8, 4) is 5.75 Å². The van der Waals surface area contributed by atoms with E-state index in [-0.39, 0.29) is 0 Å². The number of benzene rings is 1. The molecule has 2 aliphatic rings. The van der Waals surface area contributed by atoms with Crippen LogP contribution in [-0.4, -0.2) is 43.2 Å². The molecule has 1 aliphatic heterocycles. The molecule has 1 aliphatic carbocycles. The number of halogens is 1. The highest BCUT2D eigenvalue weighted by Crippen LogP contribution is 2.30. The van der Waals surface area contributed by atoms with E-state index in [2.05, 4.69) is 26.1 Å². The molecule has 1 saturated heterocycles. The number of nitrogens with one attached hydrogen (secondary N) is 1. The predicted molar refractivity (Wildman–Crippen MR) is 89.9 cm³/mol. The molecule has 3 rings (SSSR count). The second-order valence-corrected chi connectivity index (χ2v) is 7.26. The second kappa shape index (κ2) is 7.12.